The van der Waals surface area contributed by atoms with Gasteiger partial charge in [0.25, 0.3) is 0 Å². The summed E-state index contributed by atoms with van der Waals surface area (Å²) in [6, 6.07) is 1.28. The average molecular weight is 337 g/mol. The largest absolute Gasteiger partial charge is 0.465 e. The van der Waals surface area contributed by atoms with Crippen LogP contribution >= 0.6 is 11.6 Å². The van der Waals surface area contributed by atoms with Gasteiger partial charge in [0.2, 0.25) is 5.91 Å². The van der Waals surface area contributed by atoms with Crippen LogP contribution in [-0.2, 0) is 19.8 Å². The van der Waals surface area contributed by atoms with Crippen molar-refractivity contribution in [1.29, 1.82) is 0 Å². The van der Waals surface area contributed by atoms with Crippen LogP contribution in [0.1, 0.15) is 16.8 Å². The molecule has 10 heteroatoms. The summed E-state index contributed by atoms with van der Waals surface area (Å²) in [7, 11) is -3.73. The molecule has 1 fully saturated rings. The molecule has 7 nitrogen and oxygen atoms in total. The molecule has 0 spiro atoms. The Bertz CT molecular complexity index is 709. The number of carbonyl (C=O) groups excluding carboxylic acids is 2. The van der Waals surface area contributed by atoms with Crippen LogP contribution in [0.25, 0.3) is 0 Å². The van der Waals surface area contributed by atoms with Crippen LogP contribution in [-0.4, -0.2) is 44.2 Å². The summed E-state index contributed by atoms with van der Waals surface area (Å²) in [4.78, 5) is 28.3. The van der Waals surface area contributed by atoms with Gasteiger partial charge in [0.05, 0.1) is 18.4 Å². The molecule has 1 saturated heterocycles. The summed E-state index contributed by atoms with van der Waals surface area (Å²) in [5.74, 6) is -1.44. The highest BCUT2D eigenvalue weighted by Crippen LogP contribution is 2.33. The molecule has 1 unspecified atom stereocenters. The minimum atomic E-state index is -4.87. The lowest BCUT2D eigenvalue weighted by molar-refractivity contribution is -0.117. The van der Waals surface area contributed by atoms with Crippen molar-refractivity contribution in [2.75, 3.05) is 18.6 Å². The van der Waals surface area contributed by atoms with Gasteiger partial charge in [-0.3, -0.25) is 4.79 Å². The Kier molecular flexibility index (Phi) is 4.15. The van der Waals surface area contributed by atoms with Crippen LogP contribution in [0.3, 0.4) is 0 Å². The number of rotatable bonds is 3. The van der Waals surface area contributed by atoms with Gasteiger partial charge in [-0.1, -0.05) is 11.6 Å². The molecular formula is C11H10ClFN2O5S. The number of esters is 1. The van der Waals surface area contributed by atoms with Gasteiger partial charge in [-0.05, 0) is 6.07 Å². The van der Waals surface area contributed by atoms with E-state index in [-0.39, 0.29) is 16.4 Å². The van der Waals surface area contributed by atoms with Crippen LogP contribution in [0.4, 0.5) is 9.57 Å². The Morgan fingerprint density at radius 2 is 2.24 bits per heavy atom. The van der Waals surface area contributed by atoms with Crippen LogP contribution in [0.15, 0.2) is 12.3 Å². The van der Waals surface area contributed by atoms with Crippen LogP contribution < -0.4 is 4.90 Å². The number of aromatic nitrogens is 1. The minimum absolute atomic E-state index is 0.0530. The molecule has 0 aliphatic carbocycles. The lowest BCUT2D eigenvalue weighted by atomic mass is 10.2. The number of hydrogen-bond acceptors (Lipinski definition) is 6. The topological polar surface area (TPSA) is 93.6 Å². The molecular weight excluding hydrogens is 327 g/mol. The smallest absolute Gasteiger partial charge is 0.340 e. The quantitative estimate of drug-likeness (QED) is 0.463. The molecule has 1 aliphatic rings. The van der Waals surface area contributed by atoms with Gasteiger partial charge in [-0.25, -0.2) is 9.78 Å². The Hall–Kier alpha value is -1.74. The molecule has 2 rings (SSSR count). The van der Waals surface area contributed by atoms with E-state index in [0.29, 0.717) is 0 Å². The molecule has 2 heterocycles. The van der Waals surface area contributed by atoms with Gasteiger partial charge < -0.3 is 9.64 Å². The van der Waals surface area contributed by atoms with Crippen molar-refractivity contribution < 1.29 is 26.6 Å². The second-order valence-corrected chi connectivity index (χ2v) is 6.27. The number of hydrogen-bond donors (Lipinski definition) is 0. The predicted molar refractivity (Wildman–Crippen MR) is 71.4 cm³/mol. The summed E-state index contributed by atoms with van der Waals surface area (Å²) in [5, 5.41) is -1.67. The Labute approximate surface area is 124 Å². The van der Waals surface area contributed by atoms with Crippen molar-refractivity contribution in [3.05, 3.63) is 23.0 Å². The zero-order valence-corrected chi connectivity index (χ0v) is 12.3. The second-order valence-electron chi connectivity index (χ2n) is 4.30. The number of ether oxygens (including phenoxy) is 1. The number of anilines is 1. The zero-order valence-electron chi connectivity index (χ0n) is 10.7. The van der Waals surface area contributed by atoms with E-state index in [2.05, 4.69) is 9.72 Å². The van der Waals surface area contributed by atoms with Crippen molar-refractivity contribution in [3.63, 3.8) is 0 Å². The third-order valence-corrected chi connectivity index (χ3v) is 4.43. The number of amides is 1. The maximum absolute atomic E-state index is 13.0. The Balaban J connectivity index is 2.48. The Morgan fingerprint density at radius 1 is 1.57 bits per heavy atom. The van der Waals surface area contributed by atoms with Gasteiger partial charge in [-0.2, -0.15) is 8.42 Å². The predicted octanol–water partition coefficient (Wildman–Crippen LogP) is 0.926. The van der Waals surface area contributed by atoms with Crippen molar-refractivity contribution in [2.45, 2.75) is 11.7 Å². The lowest BCUT2D eigenvalue weighted by Gasteiger charge is -2.19. The summed E-state index contributed by atoms with van der Waals surface area (Å²) in [6.07, 6.45) is 0.715. The van der Waals surface area contributed by atoms with E-state index in [0.717, 1.165) is 12.0 Å². The molecule has 0 radical (unpaired) electrons. The third kappa shape index (κ3) is 2.98. The van der Waals surface area contributed by atoms with E-state index < -0.39 is 40.3 Å². The summed E-state index contributed by atoms with van der Waals surface area (Å²) < 4.78 is 39.5. The van der Waals surface area contributed by atoms with Gasteiger partial charge in [0.1, 0.15) is 5.25 Å². The van der Waals surface area contributed by atoms with Gasteiger partial charge >= 0.3 is 16.2 Å². The van der Waals surface area contributed by atoms with Crippen molar-refractivity contribution in [2.24, 2.45) is 0 Å². The first-order valence-electron chi connectivity index (χ1n) is 5.72. The number of carbonyl (C=O) groups is 2. The van der Waals surface area contributed by atoms with Crippen molar-refractivity contribution in [1.82, 2.24) is 4.98 Å². The summed E-state index contributed by atoms with van der Waals surface area (Å²) in [5.41, 5.74) is -0.134. The fourth-order valence-corrected chi connectivity index (χ4v) is 2.97. The van der Waals surface area contributed by atoms with E-state index in [1.807, 2.05) is 0 Å². The van der Waals surface area contributed by atoms with Crippen LogP contribution in [0, 0.1) is 0 Å². The van der Waals surface area contributed by atoms with E-state index in [9.17, 15) is 21.9 Å². The lowest BCUT2D eigenvalue weighted by Crippen LogP contribution is -2.29. The maximum Gasteiger partial charge on any atom is 0.340 e. The molecule has 0 aromatic carbocycles. The number of halogens is 2. The first kappa shape index (κ1) is 15.6. The standard InChI is InChI=1S/C11H10ClFN2O5S/c1-20-11(17)7-2-3-14-10(12)9(7)15-5-6(4-8(15)16)21(13,18)19/h2-3,6H,4-5H2,1H3. The highest BCUT2D eigenvalue weighted by atomic mass is 35.5. The van der Waals surface area contributed by atoms with E-state index >= 15 is 0 Å². The summed E-state index contributed by atoms with van der Waals surface area (Å²) >= 11 is 5.88. The zero-order chi connectivity index (χ0) is 15.8. The molecule has 0 N–H and O–H groups in total. The third-order valence-electron chi connectivity index (χ3n) is 3.04. The highest BCUT2D eigenvalue weighted by molar-refractivity contribution is 7.87. The second kappa shape index (κ2) is 5.57. The number of pyridine rings is 1. The van der Waals surface area contributed by atoms with E-state index in [1.54, 1.807) is 0 Å². The first-order valence-corrected chi connectivity index (χ1v) is 7.54. The molecule has 1 aromatic heterocycles. The molecule has 0 bridgehead atoms. The number of methoxy groups -OCH3 is 1. The number of nitrogens with zero attached hydrogens (tertiary/aromatic N) is 2. The first-order chi connectivity index (χ1) is 9.75. The minimum Gasteiger partial charge on any atom is -0.465 e. The normalized spacial score (nSPS) is 18.9. The highest BCUT2D eigenvalue weighted by Gasteiger charge is 2.41. The van der Waals surface area contributed by atoms with Crippen LogP contribution in [0.5, 0.6) is 0 Å². The van der Waals surface area contributed by atoms with Gasteiger partial charge in [0.15, 0.2) is 5.15 Å². The maximum atomic E-state index is 13.0. The molecule has 1 aromatic rings. The molecule has 1 amide bonds. The van der Waals surface area contributed by atoms with Crippen molar-refractivity contribution in [3.8, 4) is 0 Å². The monoisotopic (exact) mass is 336 g/mol. The molecule has 21 heavy (non-hydrogen) atoms. The molecule has 1 aliphatic heterocycles. The SMILES string of the molecule is COC(=O)c1ccnc(Cl)c1N1CC(S(=O)(=O)F)CC1=O. The van der Waals surface area contributed by atoms with Gasteiger partial charge in [-0.15, -0.1) is 3.89 Å². The molecule has 114 valence electrons. The molecule has 0 saturated carbocycles. The fourth-order valence-electron chi connectivity index (χ4n) is 2.04. The fraction of sp³-hybridized carbons (Fsp3) is 0.364. The molecule has 1 atom stereocenters. The van der Waals surface area contributed by atoms with Crippen LogP contribution in [0.2, 0.25) is 5.15 Å². The van der Waals surface area contributed by atoms with Gasteiger partial charge in [0, 0.05) is 19.2 Å². The van der Waals surface area contributed by atoms with E-state index in [1.165, 1.54) is 12.3 Å². The van der Waals surface area contributed by atoms with E-state index in [4.69, 9.17) is 11.6 Å². The van der Waals surface area contributed by atoms with Crippen molar-refractivity contribution >= 4 is 39.4 Å². The Morgan fingerprint density at radius 3 is 2.76 bits per heavy atom. The summed E-state index contributed by atoms with van der Waals surface area (Å²) in [6.45, 7) is -0.437. The average Bonchev–Trinajstić information content (AvgIpc) is 2.79.